The number of carbonyl (C=O) groups excluding carboxylic acids is 3. The topological polar surface area (TPSA) is 98.5 Å². The van der Waals surface area contributed by atoms with Crippen molar-refractivity contribution in [3.8, 4) is 0 Å². The predicted molar refractivity (Wildman–Crippen MR) is 96.8 cm³/mol. The number of nitrogens with one attached hydrogen (secondary N) is 1. The minimum Gasteiger partial charge on any atom is -0.447 e. The zero-order valence-electron chi connectivity index (χ0n) is 14.8. The van der Waals surface area contributed by atoms with Crippen molar-refractivity contribution in [3.05, 3.63) is 71.3 Å². The van der Waals surface area contributed by atoms with E-state index in [9.17, 15) is 14.4 Å². The number of ether oxygens (including phenoxy) is 1. The molecule has 2 atom stereocenters. The first kappa shape index (κ1) is 19.2. The van der Waals surface area contributed by atoms with Gasteiger partial charge in [-0.3, -0.25) is 14.4 Å². The number of hydrogen-bond acceptors (Lipinski definition) is 4. The predicted octanol–water partition coefficient (Wildman–Crippen LogP) is 2.33. The molecule has 3 N–H and O–H groups in total. The van der Waals surface area contributed by atoms with Crippen molar-refractivity contribution in [3.63, 3.8) is 0 Å². The van der Waals surface area contributed by atoms with Gasteiger partial charge in [0.25, 0.3) is 5.91 Å². The van der Waals surface area contributed by atoms with Crippen molar-refractivity contribution >= 4 is 17.8 Å². The van der Waals surface area contributed by atoms with Gasteiger partial charge >= 0.3 is 5.97 Å². The second-order valence-electron chi connectivity index (χ2n) is 6.05. The molecule has 0 aliphatic heterocycles. The molecule has 0 heterocycles. The molecule has 0 saturated carbocycles. The van der Waals surface area contributed by atoms with Crippen molar-refractivity contribution < 1.29 is 19.1 Å². The maximum atomic E-state index is 12.4. The molecule has 0 bridgehead atoms. The summed E-state index contributed by atoms with van der Waals surface area (Å²) in [7, 11) is 0. The highest BCUT2D eigenvalue weighted by molar-refractivity contribution is 5.84. The summed E-state index contributed by atoms with van der Waals surface area (Å²) in [6, 6.07) is 15.5. The molecular formula is C20H22N2O4. The van der Waals surface area contributed by atoms with E-state index < -0.39 is 24.0 Å². The average Bonchev–Trinajstić information content (AvgIpc) is 2.60. The summed E-state index contributed by atoms with van der Waals surface area (Å²) in [5, 5.41) is 2.73. The second-order valence-corrected chi connectivity index (χ2v) is 6.05. The normalized spacial score (nSPS) is 12.7. The highest BCUT2D eigenvalue weighted by atomic mass is 16.5. The van der Waals surface area contributed by atoms with Gasteiger partial charge in [0.1, 0.15) is 0 Å². The molecule has 2 aromatic rings. The van der Waals surface area contributed by atoms with Crippen molar-refractivity contribution in [1.29, 1.82) is 0 Å². The van der Waals surface area contributed by atoms with E-state index in [1.54, 1.807) is 30.3 Å². The van der Waals surface area contributed by atoms with Crippen LogP contribution in [0.5, 0.6) is 0 Å². The molecule has 26 heavy (non-hydrogen) atoms. The van der Waals surface area contributed by atoms with E-state index in [1.165, 1.54) is 6.92 Å². The fourth-order valence-corrected chi connectivity index (χ4v) is 2.56. The SMILES string of the molecule is CC(=O)N[C@@H](CC(=O)O[C@H](C(N)=O)c1ccccc1)c1ccc(C)cc1. The summed E-state index contributed by atoms with van der Waals surface area (Å²) in [6.45, 7) is 3.32. The Labute approximate surface area is 152 Å². The van der Waals surface area contributed by atoms with Gasteiger partial charge in [-0.1, -0.05) is 60.2 Å². The van der Waals surface area contributed by atoms with Gasteiger partial charge in [-0.15, -0.1) is 0 Å². The molecule has 2 rings (SSSR count). The molecule has 0 aliphatic rings. The molecule has 6 heteroatoms. The molecule has 136 valence electrons. The number of esters is 1. The monoisotopic (exact) mass is 354 g/mol. The first-order valence-corrected chi connectivity index (χ1v) is 8.24. The van der Waals surface area contributed by atoms with Crippen LogP contribution in [0.1, 0.15) is 42.2 Å². The summed E-state index contributed by atoms with van der Waals surface area (Å²) in [5.41, 5.74) is 7.71. The highest BCUT2D eigenvalue weighted by Crippen LogP contribution is 2.22. The highest BCUT2D eigenvalue weighted by Gasteiger charge is 2.25. The van der Waals surface area contributed by atoms with Gasteiger partial charge in [0.05, 0.1) is 12.5 Å². The minimum absolute atomic E-state index is 0.112. The van der Waals surface area contributed by atoms with Crippen LogP contribution in [0, 0.1) is 6.92 Å². The number of nitrogens with two attached hydrogens (primary N) is 1. The van der Waals surface area contributed by atoms with Gasteiger partial charge in [0.2, 0.25) is 12.0 Å². The molecule has 2 aromatic carbocycles. The Morgan fingerprint density at radius 1 is 1.00 bits per heavy atom. The lowest BCUT2D eigenvalue weighted by molar-refractivity contribution is -0.156. The number of carbonyl (C=O) groups is 3. The van der Waals surface area contributed by atoms with Crippen LogP contribution in [0.2, 0.25) is 0 Å². The van der Waals surface area contributed by atoms with Crippen LogP contribution in [0.4, 0.5) is 0 Å². The van der Waals surface area contributed by atoms with Crippen LogP contribution >= 0.6 is 0 Å². The Morgan fingerprint density at radius 3 is 2.15 bits per heavy atom. The summed E-state index contributed by atoms with van der Waals surface area (Å²) in [5.74, 6) is -1.65. The van der Waals surface area contributed by atoms with Crippen LogP contribution in [-0.2, 0) is 19.1 Å². The number of amides is 2. The third kappa shape index (κ3) is 5.44. The van der Waals surface area contributed by atoms with E-state index in [2.05, 4.69) is 5.32 Å². The number of hydrogen-bond donors (Lipinski definition) is 2. The maximum Gasteiger partial charge on any atom is 0.309 e. The van der Waals surface area contributed by atoms with Crippen LogP contribution in [0.25, 0.3) is 0 Å². The van der Waals surface area contributed by atoms with E-state index in [0.29, 0.717) is 5.56 Å². The van der Waals surface area contributed by atoms with Gasteiger partial charge in [0, 0.05) is 12.5 Å². The Bertz CT molecular complexity index is 772. The zero-order valence-corrected chi connectivity index (χ0v) is 14.8. The standard InChI is InChI=1S/C20H22N2O4/c1-13-8-10-15(11-9-13)17(22-14(2)23)12-18(24)26-19(20(21)25)16-6-4-3-5-7-16/h3-11,17,19H,12H2,1-2H3,(H2,21,25)(H,22,23)/t17-,19-/m0/s1. The molecule has 0 aliphatic carbocycles. The van der Waals surface area contributed by atoms with E-state index >= 15 is 0 Å². The summed E-state index contributed by atoms with van der Waals surface area (Å²) >= 11 is 0. The van der Waals surface area contributed by atoms with Crippen molar-refractivity contribution in [2.45, 2.75) is 32.4 Å². The van der Waals surface area contributed by atoms with Gasteiger partial charge in [-0.25, -0.2) is 0 Å². The summed E-state index contributed by atoms with van der Waals surface area (Å²) in [6.07, 6.45) is -1.28. The smallest absolute Gasteiger partial charge is 0.309 e. The van der Waals surface area contributed by atoms with Crippen LogP contribution in [0.15, 0.2) is 54.6 Å². The molecule has 0 unspecified atom stereocenters. The lowest BCUT2D eigenvalue weighted by Crippen LogP contribution is -2.31. The molecule has 6 nitrogen and oxygen atoms in total. The summed E-state index contributed by atoms with van der Waals surface area (Å²) < 4.78 is 5.29. The van der Waals surface area contributed by atoms with E-state index in [4.69, 9.17) is 10.5 Å². The molecule has 0 radical (unpaired) electrons. The molecular weight excluding hydrogens is 332 g/mol. The van der Waals surface area contributed by atoms with E-state index in [-0.39, 0.29) is 12.3 Å². The third-order valence-electron chi connectivity index (χ3n) is 3.84. The number of benzene rings is 2. The summed E-state index contributed by atoms with van der Waals surface area (Å²) in [4.78, 5) is 35.6. The van der Waals surface area contributed by atoms with Gasteiger partial charge in [-0.2, -0.15) is 0 Å². The first-order chi connectivity index (χ1) is 12.4. The Kier molecular flexibility index (Phi) is 6.49. The van der Waals surface area contributed by atoms with E-state index in [1.807, 2.05) is 31.2 Å². The molecule has 0 fully saturated rings. The Balaban J connectivity index is 2.14. The Morgan fingerprint density at radius 2 is 1.62 bits per heavy atom. The number of rotatable bonds is 7. The fraction of sp³-hybridized carbons (Fsp3) is 0.250. The molecule has 0 spiro atoms. The Hall–Kier alpha value is -3.15. The lowest BCUT2D eigenvalue weighted by Gasteiger charge is -2.20. The molecule has 0 saturated heterocycles. The van der Waals surface area contributed by atoms with Crippen molar-refractivity contribution in [2.24, 2.45) is 5.73 Å². The minimum atomic E-state index is -1.17. The molecule has 2 amide bonds. The average molecular weight is 354 g/mol. The number of aryl methyl sites for hydroxylation is 1. The van der Waals surface area contributed by atoms with Crippen LogP contribution in [-0.4, -0.2) is 17.8 Å². The molecule has 0 aromatic heterocycles. The van der Waals surface area contributed by atoms with E-state index in [0.717, 1.165) is 11.1 Å². The van der Waals surface area contributed by atoms with Crippen molar-refractivity contribution in [1.82, 2.24) is 5.32 Å². The van der Waals surface area contributed by atoms with Gasteiger partial charge in [0.15, 0.2) is 0 Å². The van der Waals surface area contributed by atoms with Gasteiger partial charge in [-0.05, 0) is 12.5 Å². The fourth-order valence-electron chi connectivity index (χ4n) is 2.56. The van der Waals surface area contributed by atoms with Crippen LogP contribution < -0.4 is 11.1 Å². The first-order valence-electron chi connectivity index (χ1n) is 8.24. The quantitative estimate of drug-likeness (QED) is 0.746. The van der Waals surface area contributed by atoms with Crippen molar-refractivity contribution in [2.75, 3.05) is 0 Å². The second kappa shape index (κ2) is 8.80. The van der Waals surface area contributed by atoms with Gasteiger partial charge < -0.3 is 15.8 Å². The lowest BCUT2D eigenvalue weighted by atomic mass is 10.0. The van der Waals surface area contributed by atoms with Crippen LogP contribution in [0.3, 0.4) is 0 Å². The zero-order chi connectivity index (χ0) is 19.1. The maximum absolute atomic E-state index is 12.4. The largest absolute Gasteiger partial charge is 0.447 e. The number of primary amides is 1. The third-order valence-corrected chi connectivity index (χ3v) is 3.84.